The van der Waals surface area contributed by atoms with Gasteiger partial charge >= 0.3 is 0 Å². The van der Waals surface area contributed by atoms with Gasteiger partial charge in [-0.05, 0) is 93.4 Å². The maximum Gasteiger partial charge on any atom is 0.231 e. The Balaban J connectivity index is 1.09. The third-order valence-electron chi connectivity index (χ3n) is 7.69. The minimum atomic E-state index is 0.0604. The highest BCUT2D eigenvalue weighted by atomic mass is 16.7. The third-order valence-corrected chi connectivity index (χ3v) is 7.69. The number of fused-ring (bicyclic) bond motifs is 2. The molecule has 0 aromatic heterocycles. The summed E-state index contributed by atoms with van der Waals surface area (Å²) in [5.74, 6) is 3.20. The predicted octanol–water partition coefficient (Wildman–Crippen LogP) is 4.55. The Morgan fingerprint density at radius 1 is 1.14 bits per heavy atom. The maximum atomic E-state index is 13.0. The molecule has 3 aliphatic heterocycles. The van der Waals surface area contributed by atoms with Gasteiger partial charge in [0.15, 0.2) is 11.5 Å². The number of piperidine rings is 1. The molecule has 0 saturated carbocycles. The zero-order chi connectivity index (χ0) is 24.2. The lowest BCUT2D eigenvalue weighted by atomic mass is 9.85. The van der Waals surface area contributed by atoms with Crippen LogP contribution in [0, 0.1) is 11.8 Å². The van der Waals surface area contributed by atoms with Crippen molar-refractivity contribution in [2.45, 2.75) is 38.5 Å². The van der Waals surface area contributed by atoms with E-state index in [9.17, 15) is 4.79 Å². The topological polar surface area (TPSA) is 63.3 Å². The third kappa shape index (κ3) is 5.67. The highest BCUT2D eigenvalue weighted by Crippen LogP contribution is 2.40. The van der Waals surface area contributed by atoms with Crippen molar-refractivity contribution in [1.82, 2.24) is 4.90 Å². The van der Waals surface area contributed by atoms with Gasteiger partial charge in [0.2, 0.25) is 12.7 Å². The number of hydrogen-bond acceptors (Lipinski definition) is 6. The minimum Gasteiger partial charge on any atom is -0.497 e. The number of carbonyl (C=O) groups is 1. The number of rotatable bonds is 8. The summed E-state index contributed by atoms with van der Waals surface area (Å²) in [6.07, 6.45) is 6.31. The van der Waals surface area contributed by atoms with Crippen LogP contribution in [0.3, 0.4) is 0 Å². The van der Waals surface area contributed by atoms with Gasteiger partial charge in [-0.25, -0.2) is 0 Å². The first kappa shape index (κ1) is 23.8. The molecule has 1 saturated heterocycles. The number of hydrogen-bond donors (Lipinski definition) is 1. The first-order chi connectivity index (χ1) is 17.1. The van der Waals surface area contributed by atoms with E-state index >= 15 is 0 Å². The van der Waals surface area contributed by atoms with Crippen LogP contribution in [-0.4, -0.2) is 57.9 Å². The van der Waals surface area contributed by atoms with Gasteiger partial charge in [0.05, 0.1) is 7.11 Å². The van der Waals surface area contributed by atoms with E-state index in [1.54, 1.807) is 7.11 Å². The summed E-state index contributed by atoms with van der Waals surface area (Å²) in [6, 6.07) is 12.2. The molecule has 1 N–H and O–H groups in total. The first-order valence-electron chi connectivity index (χ1n) is 12.9. The van der Waals surface area contributed by atoms with E-state index in [4.69, 9.17) is 14.2 Å². The molecule has 7 heteroatoms. The number of ether oxygens (including phenoxy) is 3. The number of benzene rings is 2. The molecule has 2 unspecified atom stereocenters. The number of likely N-dealkylation sites (tertiary alicyclic amines) is 1. The largest absolute Gasteiger partial charge is 0.497 e. The average Bonchev–Trinajstić information content (AvgIpc) is 3.27. The highest BCUT2D eigenvalue weighted by Gasteiger charge is 2.30. The van der Waals surface area contributed by atoms with Gasteiger partial charge in [-0.3, -0.25) is 4.79 Å². The van der Waals surface area contributed by atoms with Crippen LogP contribution < -0.4 is 24.4 Å². The fourth-order valence-electron chi connectivity index (χ4n) is 5.67. The molecule has 35 heavy (non-hydrogen) atoms. The second kappa shape index (κ2) is 10.8. The fraction of sp³-hybridized carbons (Fsp3) is 0.536. The van der Waals surface area contributed by atoms with Gasteiger partial charge in [-0.15, -0.1) is 0 Å². The molecule has 7 nitrogen and oxygen atoms in total. The Morgan fingerprint density at radius 2 is 1.94 bits per heavy atom. The van der Waals surface area contributed by atoms with Crippen molar-refractivity contribution in [2.75, 3.05) is 57.3 Å². The van der Waals surface area contributed by atoms with Crippen LogP contribution in [0.1, 0.15) is 37.7 Å². The van der Waals surface area contributed by atoms with Crippen molar-refractivity contribution < 1.29 is 19.0 Å². The summed E-state index contributed by atoms with van der Waals surface area (Å²) in [5.41, 5.74) is 3.25. The molecular formula is C28H37N3O4. The zero-order valence-corrected chi connectivity index (χ0v) is 20.9. The predicted molar refractivity (Wildman–Crippen MR) is 138 cm³/mol. The van der Waals surface area contributed by atoms with Gasteiger partial charge in [-0.2, -0.15) is 0 Å². The lowest BCUT2D eigenvalue weighted by Crippen LogP contribution is -2.38. The Kier molecular flexibility index (Phi) is 7.32. The van der Waals surface area contributed by atoms with Gasteiger partial charge in [-0.1, -0.05) is 0 Å². The van der Waals surface area contributed by atoms with Crippen molar-refractivity contribution in [1.29, 1.82) is 0 Å². The van der Waals surface area contributed by atoms with Crippen molar-refractivity contribution in [3.63, 3.8) is 0 Å². The average molecular weight is 480 g/mol. The molecule has 2 aromatic rings. The summed E-state index contributed by atoms with van der Waals surface area (Å²) in [5, 5.41) is 3.17. The summed E-state index contributed by atoms with van der Waals surface area (Å²) < 4.78 is 16.3. The number of carbonyl (C=O) groups excluding carboxylic acids is 1. The molecule has 1 fully saturated rings. The summed E-state index contributed by atoms with van der Waals surface area (Å²) in [6.45, 7) is 4.64. The van der Waals surface area contributed by atoms with Gasteiger partial charge in [0.1, 0.15) is 5.75 Å². The number of nitrogens with one attached hydrogen (secondary N) is 1. The Bertz CT molecular complexity index is 1030. The van der Waals surface area contributed by atoms with Gasteiger partial charge in [0, 0.05) is 43.5 Å². The molecule has 1 amide bonds. The van der Waals surface area contributed by atoms with E-state index in [1.165, 1.54) is 18.5 Å². The van der Waals surface area contributed by atoms with E-state index in [-0.39, 0.29) is 18.6 Å². The van der Waals surface area contributed by atoms with Crippen molar-refractivity contribution >= 4 is 17.3 Å². The SMILES string of the molecule is COc1ccc(N(C)CCCN2CCCC(CC3CCc4cc5c(cc4NC3=O)OCO5)C2)cc1. The zero-order valence-electron chi connectivity index (χ0n) is 20.9. The van der Waals surface area contributed by atoms with E-state index < -0.39 is 0 Å². The molecule has 2 aromatic carbocycles. The van der Waals surface area contributed by atoms with Crippen LogP contribution in [-0.2, 0) is 11.2 Å². The van der Waals surface area contributed by atoms with Crippen LogP contribution in [0.2, 0.25) is 0 Å². The van der Waals surface area contributed by atoms with E-state index in [0.717, 1.165) is 80.4 Å². The first-order valence-corrected chi connectivity index (χ1v) is 12.9. The lowest BCUT2D eigenvalue weighted by Gasteiger charge is -2.34. The van der Waals surface area contributed by atoms with Crippen LogP contribution in [0.15, 0.2) is 36.4 Å². The quantitative estimate of drug-likeness (QED) is 0.599. The molecule has 0 spiro atoms. The molecule has 0 bridgehead atoms. The van der Waals surface area contributed by atoms with Crippen LogP contribution >= 0.6 is 0 Å². The normalized spacial score (nSPS) is 21.7. The Hall–Kier alpha value is -2.93. The number of nitrogens with zero attached hydrogens (tertiary/aromatic N) is 2. The number of amides is 1. The Labute approximate surface area is 208 Å². The smallest absolute Gasteiger partial charge is 0.231 e. The van der Waals surface area contributed by atoms with Crippen LogP contribution in [0.4, 0.5) is 11.4 Å². The summed E-state index contributed by atoms with van der Waals surface area (Å²) in [7, 11) is 3.85. The van der Waals surface area contributed by atoms with Gasteiger partial charge < -0.3 is 29.3 Å². The summed E-state index contributed by atoms with van der Waals surface area (Å²) in [4.78, 5) is 17.9. The molecule has 0 aliphatic carbocycles. The molecular weight excluding hydrogens is 442 g/mol. The van der Waals surface area contributed by atoms with Crippen molar-refractivity contribution in [2.24, 2.45) is 11.8 Å². The molecule has 5 rings (SSSR count). The van der Waals surface area contributed by atoms with Crippen molar-refractivity contribution in [3.05, 3.63) is 42.0 Å². The molecule has 188 valence electrons. The number of aryl methyl sites for hydroxylation is 1. The van der Waals surface area contributed by atoms with Crippen LogP contribution in [0.25, 0.3) is 0 Å². The maximum absolute atomic E-state index is 13.0. The fourth-order valence-corrected chi connectivity index (χ4v) is 5.67. The van der Waals surface area contributed by atoms with Crippen molar-refractivity contribution in [3.8, 4) is 17.2 Å². The Morgan fingerprint density at radius 3 is 2.74 bits per heavy atom. The molecule has 3 aliphatic rings. The molecule has 2 atom stereocenters. The van der Waals surface area contributed by atoms with Gasteiger partial charge in [0.25, 0.3) is 0 Å². The number of anilines is 2. The monoisotopic (exact) mass is 479 g/mol. The van der Waals surface area contributed by atoms with E-state index in [1.807, 2.05) is 24.3 Å². The second-order valence-electron chi connectivity index (χ2n) is 10.1. The molecule has 0 radical (unpaired) electrons. The van der Waals surface area contributed by atoms with E-state index in [2.05, 4.69) is 34.3 Å². The highest BCUT2D eigenvalue weighted by molar-refractivity contribution is 5.94. The number of methoxy groups -OCH3 is 1. The van der Waals surface area contributed by atoms with E-state index in [0.29, 0.717) is 5.92 Å². The second-order valence-corrected chi connectivity index (χ2v) is 10.1. The summed E-state index contributed by atoms with van der Waals surface area (Å²) >= 11 is 0. The van der Waals surface area contributed by atoms with Crippen LogP contribution in [0.5, 0.6) is 17.2 Å². The minimum absolute atomic E-state index is 0.0604. The lowest BCUT2D eigenvalue weighted by molar-refractivity contribution is -0.120. The molecule has 3 heterocycles. The standard InChI is InChI=1S/C28H37N3O4/c1-30(23-8-10-24(33-2)11-9-23)12-4-14-31-13-3-5-20(18-31)15-22-7-6-21-16-26-27(35-19-34-26)17-25(21)29-28(22)32/h8-11,16-17,20,22H,3-7,12-15,18-19H2,1-2H3,(H,29,32).